The average molecular weight is 657 g/mol. The quantitative estimate of drug-likeness (QED) is 0.223. The molecule has 0 unspecified atom stereocenters. The molecule has 0 radical (unpaired) electrons. The molecule has 1 aliphatic heterocycles. The second-order valence-electron chi connectivity index (χ2n) is 9.67. The minimum atomic E-state index is -4.82. The molecule has 2 N–H and O–H groups in total. The highest BCUT2D eigenvalue weighted by atomic mass is 35.5. The van der Waals surface area contributed by atoms with Crippen LogP contribution in [-0.2, 0) is 30.0 Å². The predicted molar refractivity (Wildman–Crippen MR) is 165 cm³/mol. The maximum absolute atomic E-state index is 13.9. The zero-order valence-electron chi connectivity index (χ0n) is 24.3. The number of fused-ring (bicyclic) bond motifs is 1. The van der Waals surface area contributed by atoms with Gasteiger partial charge >= 0.3 is 18.2 Å². The van der Waals surface area contributed by atoms with E-state index < -0.39 is 60.5 Å². The highest BCUT2D eigenvalue weighted by molar-refractivity contribution is 6.30. The number of alkyl halides is 3. The number of benzodiazepines with no additional fused rings is 1. The number of hydrogen-bond acceptors (Lipinski definition) is 7. The molecule has 0 fully saturated rings. The second-order valence-corrected chi connectivity index (χ2v) is 10.1. The number of anilines is 2. The number of nitrogens with zero attached hydrogens (tertiary/aromatic N) is 2. The Morgan fingerprint density at radius 3 is 2.46 bits per heavy atom. The fourth-order valence-electron chi connectivity index (χ4n) is 4.46. The van der Waals surface area contributed by atoms with Crippen LogP contribution < -0.4 is 15.5 Å². The molecule has 4 rings (SSSR count). The highest BCUT2D eigenvalue weighted by Gasteiger charge is 2.36. The molecule has 3 amide bonds. The molecule has 0 spiro atoms. The van der Waals surface area contributed by atoms with Gasteiger partial charge in [-0.15, -0.1) is 0 Å². The zero-order valence-corrected chi connectivity index (χ0v) is 25.1. The average Bonchev–Trinajstić information content (AvgIpc) is 3.13. The summed E-state index contributed by atoms with van der Waals surface area (Å²) in [6.07, 6.45) is -3.53. The Morgan fingerprint density at radius 1 is 1.02 bits per heavy atom. The lowest BCUT2D eigenvalue weighted by atomic mass is 10.0. The van der Waals surface area contributed by atoms with E-state index in [1.807, 2.05) is 5.32 Å². The summed E-state index contributed by atoms with van der Waals surface area (Å²) in [7, 11) is 0. The van der Waals surface area contributed by atoms with Crippen molar-refractivity contribution in [3.8, 4) is 0 Å². The summed E-state index contributed by atoms with van der Waals surface area (Å²) in [4.78, 5) is 56.8. The first-order valence-electron chi connectivity index (χ1n) is 13.9. The van der Waals surface area contributed by atoms with Crippen LogP contribution in [0.3, 0.4) is 0 Å². The van der Waals surface area contributed by atoms with E-state index in [0.29, 0.717) is 28.6 Å². The minimum absolute atomic E-state index is 0.0234. The summed E-state index contributed by atoms with van der Waals surface area (Å²) in [6.45, 7) is 0.712. The van der Waals surface area contributed by atoms with E-state index in [-0.39, 0.29) is 18.2 Å². The van der Waals surface area contributed by atoms with E-state index in [4.69, 9.17) is 21.1 Å². The number of nitrogens with one attached hydrogen (secondary N) is 2. The number of carbonyl (C=O) groups excluding carboxylic acids is 4. The number of amides is 3. The first-order chi connectivity index (χ1) is 22.0. The van der Waals surface area contributed by atoms with Gasteiger partial charge in [0.2, 0.25) is 5.91 Å². The van der Waals surface area contributed by atoms with Crippen molar-refractivity contribution in [1.29, 1.82) is 0 Å². The van der Waals surface area contributed by atoms with Crippen LogP contribution in [0.5, 0.6) is 0 Å². The molecule has 0 aliphatic carbocycles. The van der Waals surface area contributed by atoms with E-state index in [1.54, 1.807) is 61.5 Å². The van der Waals surface area contributed by atoms with Gasteiger partial charge in [-0.2, -0.15) is 13.2 Å². The monoisotopic (exact) mass is 656 g/mol. The highest BCUT2D eigenvalue weighted by Crippen LogP contribution is 2.36. The van der Waals surface area contributed by atoms with Crippen molar-refractivity contribution >= 4 is 52.6 Å². The van der Waals surface area contributed by atoms with Gasteiger partial charge in [0, 0.05) is 28.8 Å². The third kappa shape index (κ3) is 8.72. The number of rotatable bonds is 10. The van der Waals surface area contributed by atoms with Crippen molar-refractivity contribution in [1.82, 2.24) is 5.32 Å². The third-order valence-corrected chi connectivity index (χ3v) is 6.72. The molecule has 0 saturated carbocycles. The molecule has 1 atom stereocenters. The topological polar surface area (TPSA) is 126 Å². The first-order valence-corrected chi connectivity index (χ1v) is 14.3. The van der Waals surface area contributed by atoms with Gasteiger partial charge < -0.3 is 19.7 Å². The van der Waals surface area contributed by atoms with Gasteiger partial charge in [0.25, 0.3) is 5.91 Å². The van der Waals surface area contributed by atoms with E-state index >= 15 is 0 Å². The predicted octanol–water partition coefficient (Wildman–Crippen LogP) is 5.40. The molecule has 3 aromatic rings. The van der Waals surface area contributed by atoms with Gasteiger partial charge in [0.1, 0.15) is 13.2 Å². The largest absolute Gasteiger partial charge is 0.463 e. The number of para-hydroxylation sites is 1. The Labute approximate surface area is 266 Å². The molecule has 46 heavy (non-hydrogen) atoms. The Morgan fingerprint density at radius 2 is 1.74 bits per heavy atom. The number of halogens is 4. The van der Waals surface area contributed by atoms with Crippen LogP contribution in [0.1, 0.15) is 23.6 Å². The number of carbonyl (C=O) groups is 4. The summed E-state index contributed by atoms with van der Waals surface area (Å²) < 4.78 is 50.6. The van der Waals surface area contributed by atoms with Crippen LogP contribution in [-0.4, -0.2) is 61.9 Å². The number of benzene rings is 3. The van der Waals surface area contributed by atoms with Gasteiger partial charge in [-0.05, 0) is 31.2 Å². The Balaban J connectivity index is 1.59. The summed E-state index contributed by atoms with van der Waals surface area (Å²) in [6, 6.07) is 17.1. The summed E-state index contributed by atoms with van der Waals surface area (Å²) in [5, 5.41) is 4.46. The Hall–Kier alpha value is -5.17. The summed E-state index contributed by atoms with van der Waals surface area (Å²) in [5.74, 6) is -1.85. The second kappa shape index (κ2) is 15.2. The van der Waals surface area contributed by atoms with Gasteiger partial charge in [0.15, 0.2) is 6.04 Å². The van der Waals surface area contributed by atoms with Crippen LogP contribution in [0.15, 0.2) is 89.9 Å². The maximum Gasteiger partial charge on any atom is 0.418 e. The van der Waals surface area contributed by atoms with Crippen LogP contribution >= 0.6 is 11.6 Å². The van der Waals surface area contributed by atoms with Crippen LogP contribution in [0, 0.1) is 0 Å². The third-order valence-electron chi connectivity index (χ3n) is 6.49. The van der Waals surface area contributed by atoms with Gasteiger partial charge in [-0.1, -0.05) is 66.2 Å². The van der Waals surface area contributed by atoms with E-state index in [0.717, 1.165) is 12.1 Å². The van der Waals surface area contributed by atoms with Gasteiger partial charge in [-0.3, -0.25) is 19.9 Å². The lowest BCUT2D eigenvalue weighted by Crippen LogP contribution is -2.46. The van der Waals surface area contributed by atoms with Crippen molar-refractivity contribution < 1.29 is 41.8 Å². The van der Waals surface area contributed by atoms with Crippen LogP contribution in [0.2, 0.25) is 5.02 Å². The normalized spacial score (nSPS) is 14.6. The van der Waals surface area contributed by atoms with Crippen LogP contribution in [0.4, 0.5) is 29.3 Å². The van der Waals surface area contributed by atoms with Crippen molar-refractivity contribution in [2.75, 3.05) is 36.5 Å². The number of esters is 1. The molecule has 0 bridgehead atoms. The Bertz CT molecular complexity index is 1660. The Kier molecular flexibility index (Phi) is 11.2. The lowest BCUT2D eigenvalue weighted by Gasteiger charge is -2.24. The van der Waals surface area contributed by atoms with Gasteiger partial charge in [0.05, 0.1) is 29.3 Å². The van der Waals surface area contributed by atoms with E-state index in [9.17, 15) is 32.3 Å². The lowest BCUT2D eigenvalue weighted by molar-refractivity contribution is -0.138. The SMILES string of the molecule is CCOC(=O)/C=C/CNC(=O)CN1C(=O)[C@@H](COC(=O)Nc2ccc(Cl)cc2C(F)(F)F)N=C(c2ccccc2)c2ccccc21. The van der Waals surface area contributed by atoms with Crippen molar-refractivity contribution in [3.05, 3.63) is 107 Å². The van der Waals surface area contributed by atoms with E-state index in [2.05, 4.69) is 10.3 Å². The van der Waals surface area contributed by atoms with E-state index in [1.165, 1.54) is 17.0 Å². The molecule has 10 nitrogen and oxygen atoms in total. The van der Waals surface area contributed by atoms with Gasteiger partial charge in [-0.25, -0.2) is 9.59 Å². The molecule has 1 heterocycles. The molecular weight excluding hydrogens is 629 g/mol. The summed E-state index contributed by atoms with van der Waals surface area (Å²) >= 11 is 5.71. The molecule has 0 aromatic heterocycles. The van der Waals surface area contributed by atoms with Crippen molar-refractivity contribution in [3.63, 3.8) is 0 Å². The molecule has 0 saturated heterocycles. The van der Waals surface area contributed by atoms with Crippen molar-refractivity contribution in [2.45, 2.75) is 19.1 Å². The fraction of sp³-hybridized carbons (Fsp3) is 0.219. The zero-order chi connectivity index (χ0) is 33.3. The molecular formula is C32H28ClF3N4O6. The number of ether oxygens (including phenoxy) is 2. The maximum atomic E-state index is 13.9. The number of hydrogen-bond donors (Lipinski definition) is 2. The van der Waals surface area contributed by atoms with Crippen LogP contribution in [0.25, 0.3) is 0 Å². The fourth-order valence-corrected chi connectivity index (χ4v) is 4.64. The summed E-state index contributed by atoms with van der Waals surface area (Å²) in [5.41, 5.74) is 0.0941. The molecule has 240 valence electrons. The molecule has 3 aromatic carbocycles. The van der Waals surface area contributed by atoms with Crippen molar-refractivity contribution in [2.24, 2.45) is 4.99 Å². The first kappa shape index (κ1) is 33.7. The molecule has 14 heteroatoms. The standard InChI is InChI=1S/C32H28ClF3N4O6/c1-2-45-28(42)13-8-16-37-27(41)18-40-26-12-7-6-11-22(26)29(20-9-4-3-5-10-20)38-25(30(40)43)19-46-31(44)39-24-15-14-21(33)17-23(24)32(34,35)36/h3-15,17,25H,2,16,18-19H2,1H3,(H,37,41)(H,39,44)/b13-8+/t25-/m1/s1. The molecule has 1 aliphatic rings. The smallest absolute Gasteiger partial charge is 0.418 e. The minimum Gasteiger partial charge on any atom is -0.463 e. The number of aliphatic imine (C=N–C) groups is 1.